The summed E-state index contributed by atoms with van der Waals surface area (Å²) < 4.78 is 36.1. The lowest BCUT2D eigenvalue weighted by Crippen LogP contribution is -2.45. The molecule has 0 aromatic heterocycles. The number of carbonyl (C=O) groups is 2. The zero-order valence-electron chi connectivity index (χ0n) is 24.1. The third-order valence-electron chi connectivity index (χ3n) is 6.34. The molecule has 1 aliphatic heterocycles. The van der Waals surface area contributed by atoms with E-state index in [1.165, 1.54) is 19.4 Å². The van der Waals surface area contributed by atoms with Crippen LogP contribution in [0.3, 0.4) is 0 Å². The normalized spacial score (nSPS) is 14.5. The van der Waals surface area contributed by atoms with Gasteiger partial charge in [0, 0.05) is 16.8 Å². The highest BCUT2D eigenvalue weighted by molar-refractivity contribution is 7.80. The second-order valence-corrected chi connectivity index (χ2v) is 10.1. The fraction of sp³-hybridized carbons (Fsp3) is 0.226. The molecule has 3 N–H and O–H groups in total. The summed E-state index contributed by atoms with van der Waals surface area (Å²) in [7, 11) is 1.44. The number of carbonyl (C=O) groups excluding carboxylic acids is 2. The van der Waals surface area contributed by atoms with Crippen molar-refractivity contribution in [3.8, 4) is 17.2 Å². The number of allylic oxidation sites excluding steroid dienone is 1. The number of amides is 1. The van der Waals surface area contributed by atoms with Crippen molar-refractivity contribution < 1.29 is 32.9 Å². The zero-order chi connectivity index (χ0) is 31.6. The number of para-hydroxylation sites is 1. The van der Waals surface area contributed by atoms with Gasteiger partial charge in [0.25, 0.3) is 5.91 Å². The van der Waals surface area contributed by atoms with Gasteiger partial charge in [-0.25, -0.2) is 14.6 Å². The number of hydrogen-bond donors (Lipinski definition) is 3. The first kappa shape index (κ1) is 32.2. The second-order valence-electron chi connectivity index (χ2n) is 9.32. The quantitative estimate of drug-likeness (QED) is 0.109. The predicted octanol–water partition coefficient (Wildman–Crippen LogP) is 4.95. The van der Waals surface area contributed by atoms with Crippen molar-refractivity contribution in [1.82, 2.24) is 16.1 Å². The zero-order valence-corrected chi connectivity index (χ0v) is 25.7. The summed E-state index contributed by atoms with van der Waals surface area (Å²) in [5.41, 5.74) is 4.78. The molecule has 44 heavy (non-hydrogen) atoms. The van der Waals surface area contributed by atoms with Crippen LogP contribution >= 0.6 is 23.8 Å². The molecule has 0 bridgehead atoms. The molecular formula is C31H30ClFN4O6S. The van der Waals surface area contributed by atoms with E-state index in [1.54, 1.807) is 68.4 Å². The van der Waals surface area contributed by atoms with Crippen molar-refractivity contribution in [3.63, 3.8) is 0 Å². The van der Waals surface area contributed by atoms with Crippen molar-refractivity contribution in [3.05, 3.63) is 99.5 Å². The van der Waals surface area contributed by atoms with Crippen LogP contribution in [0.15, 0.2) is 77.0 Å². The van der Waals surface area contributed by atoms with Crippen LogP contribution in [0.2, 0.25) is 5.02 Å². The van der Waals surface area contributed by atoms with E-state index >= 15 is 0 Å². The minimum Gasteiger partial charge on any atom is -0.493 e. The SMILES string of the molecule is CCOC(=O)C1=C(C)NC(=S)N[C@@H]1c1ccccc1OCC(=O)NN=Cc1cc(Cl)c(OCc2ccccc2F)c(OC)c1. The summed E-state index contributed by atoms with van der Waals surface area (Å²) in [5, 5.41) is 10.6. The van der Waals surface area contributed by atoms with Crippen LogP contribution in [0.5, 0.6) is 17.2 Å². The Morgan fingerprint density at radius 1 is 1.11 bits per heavy atom. The molecule has 1 aliphatic rings. The van der Waals surface area contributed by atoms with Crippen LogP contribution in [0, 0.1) is 5.82 Å². The smallest absolute Gasteiger partial charge is 0.338 e. The molecule has 1 heterocycles. The molecule has 10 nitrogen and oxygen atoms in total. The molecule has 0 spiro atoms. The average Bonchev–Trinajstić information content (AvgIpc) is 3.00. The third kappa shape index (κ3) is 8.03. The second kappa shape index (κ2) is 15.2. The van der Waals surface area contributed by atoms with Gasteiger partial charge in [-0.3, -0.25) is 4.79 Å². The van der Waals surface area contributed by atoms with Gasteiger partial charge in [0.2, 0.25) is 0 Å². The molecule has 0 saturated heterocycles. The molecule has 0 radical (unpaired) electrons. The Morgan fingerprint density at radius 2 is 1.86 bits per heavy atom. The minimum absolute atomic E-state index is 0.0458. The standard InChI is InChI=1S/C31H30ClFN4O6S/c1-4-41-30(39)27-18(2)35-31(44)36-28(27)21-10-6-8-12-24(21)42-17-26(38)37-34-15-19-13-22(32)29(25(14-19)40-3)43-16-20-9-5-7-11-23(20)33/h5-15,28H,4,16-17H2,1-3H3,(H,37,38)(H2,35,36,44)/t28-/m1/s1. The Morgan fingerprint density at radius 3 is 2.61 bits per heavy atom. The first-order valence-corrected chi connectivity index (χ1v) is 14.2. The van der Waals surface area contributed by atoms with Crippen molar-refractivity contribution >= 4 is 47.0 Å². The fourth-order valence-electron chi connectivity index (χ4n) is 4.33. The van der Waals surface area contributed by atoms with E-state index in [-0.39, 0.29) is 30.6 Å². The number of rotatable bonds is 12. The van der Waals surface area contributed by atoms with Crippen molar-refractivity contribution in [2.24, 2.45) is 5.10 Å². The Hall–Kier alpha value is -4.68. The lowest BCUT2D eigenvalue weighted by molar-refractivity contribution is -0.139. The number of hydrogen-bond acceptors (Lipinski definition) is 8. The number of ether oxygens (including phenoxy) is 4. The molecule has 3 aromatic carbocycles. The average molecular weight is 641 g/mol. The van der Waals surface area contributed by atoms with E-state index < -0.39 is 23.7 Å². The van der Waals surface area contributed by atoms with Gasteiger partial charge in [-0.1, -0.05) is 48.0 Å². The highest BCUT2D eigenvalue weighted by Crippen LogP contribution is 2.37. The van der Waals surface area contributed by atoms with E-state index in [0.717, 1.165) is 0 Å². The number of nitrogens with one attached hydrogen (secondary N) is 3. The highest BCUT2D eigenvalue weighted by atomic mass is 35.5. The van der Waals surface area contributed by atoms with E-state index in [2.05, 4.69) is 21.2 Å². The lowest BCUT2D eigenvalue weighted by atomic mass is 9.95. The van der Waals surface area contributed by atoms with E-state index in [0.29, 0.717) is 44.6 Å². The molecule has 230 valence electrons. The van der Waals surface area contributed by atoms with Gasteiger partial charge in [0.05, 0.1) is 36.6 Å². The van der Waals surface area contributed by atoms with Gasteiger partial charge in [-0.2, -0.15) is 5.10 Å². The van der Waals surface area contributed by atoms with Crippen LogP contribution in [0.25, 0.3) is 0 Å². The molecule has 1 amide bonds. The van der Waals surface area contributed by atoms with Crippen LogP contribution in [0.4, 0.5) is 4.39 Å². The van der Waals surface area contributed by atoms with E-state index in [4.69, 9.17) is 42.8 Å². The summed E-state index contributed by atoms with van der Waals surface area (Å²) in [5.74, 6) is -0.517. The van der Waals surface area contributed by atoms with Gasteiger partial charge in [0.15, 0.2) is 23.2 Å². The van der Waals surface area contributed by atoms with Gasteiger partial charge in [-0.05, 0) is 55.9 Å². The molecule has 0 aliphatic carbocycles. The number of thiocarbonyl (C=S) groups is 1. The first-order valence-electron chi connectivity index (χ1n) is 13.4. The molecule has 3 aromatic rings. The summed E-state index contributed by atoms with van der Waals surface area (Å²) in [6, 6.07) is 15.8. The number of methoxy groups -OCH3 is 1. The Balaban J connectivity index is 1.40. The minimum atomic E-state index is -0.654. The summed E-state index contributed by atoms with van der Waals surface area (Å²) >= 11 is 11.7. The topological polar surface area (TPSA) is 120 Å². The van der Waals surface area contributed by atoms with Gasteiger partial charge >= 0.3 is 5.97 Å². The summed E-state index contributed by atoms with van der Waals surface area (Å²) in [4.78, 5) is 25.3. The molecule has 0 saturated carbocycles. The molecular weight excluding hydrogens is 611 g/mol. The number of esters is 1. The largest absolute Gasteiger partial charge is 0.493 e. The lowest BCUT2D eigenvalue weighted by Gasteiger charge is -2.30. The molecule has 1 atom stereocenters. The Bertz CT molecular complexity index is 1620. The van der Waals surface area contributed by atoms with E-state index in [9.17, 15) is 14.0 Å². The first-order chi connectivity index (χ1) is 21.2. The maximum atomic E-state index is 14.0. The number of halogens is 2. The predicted molar refractivity (Wildman–Crippen MR) is 167 cm³/mol. The maximum absolute atomic E-state index is 14.0. The highest BCUT2D eigenvalue weighted by Gasteiger charge is 2.32. The van der Waals surface area contributed by atoms with Crippen molar-refractivity contribution in [1.29, 1.82) is 0 Å². The Labute approximate surface area is 264 Å². The number of nitrogens with zero attached hydrogens (tertiary/aromatic N) is 1. The van der Waals surface area contributed by atoms with Crippen LogP contribution in [-0.2, 0) is 20.9 Å². The third-order valence-corrected chi connectivity index (χ3v) is 6.84. The molecule has 0 unspecified atom stereocenters. The molecule has 0 fully saturated rings. The monoisotopic (exact) mass is 640 g/mol. The fourth-order valence-corrected chi connectivity index (χ4v) is 4.88. The van der Waals surface area contributed by atoms with Crippen LogP contribution in [-0.4, -0.2) is 43.5 Å². The Kier molecular flexibility index (Phi) is 11.1. The summed E-state index contributed by atoms with van der Waals surface area (Å²) in [6.07, 6.45) is 1.37. The van der Waals surface area contributed by atoms with Crippen molar-refractivity contribution in [2.45, 2.75) is 26.5 Å². The van der Waals surface area contributed by atoms with E-state index in [1.807, 2.05) is 0 Å². The van der Waals surface area contributed by atoms with Crippen LogP contribution in [0.1, 0.15) is 36.6 Å². The maximum Gasteiger partial charge on any atom is 0.338 e. The summed E-state index contributed by atoms with van der Waals surface area (Å²) in [6.45, 7) is 3.25. The number of hydrazone groups is 1. The van der Waals surface area contributed by atoms with Gasteiger partial charge < -0.3 is 29.6 Å². The number of benzene rings is 3. The van der Waals surface area contributed by atoms with Gasteiger partial charge in [0.1, 0.15) is 18.2 Å². The molecule has 4 rings (SSSR count). The molecule has 13 heteroatoms. The van der Waals surface area contributed by atoms with Gasteiger partial charge in [-0.15, -0.1) is 0 Å². The van der Waals surface area contributed by atoms with Crippen molar-refractivity contribution in [2.75, 3.05) is 20.3 Å². The van der Waals surface area contributed by atoms with Crippen LogP contribution < -0.4 is 30.3 Å².